The Balaban J connectivity index is 2.18. The van der Waals surface area contributed by atoms with Crippen LogP contribution >= 0.6 is 12.6 Å². The van der Waals surface area contributed by atoms with Gasteiger partial charge in [-0.15, -0.1) is 12.6 Å². The van der Waals surface area contributed by atoms with E-state index in [0.717, 1.165) is 19.3 Å². The zero-order chi connectivity index (χ0) is 13.8. The Morgan fingerprint density at radius 3 is 2.95 bits per heavy atom. The van der Waals surface area contributed by atoms with Gasteiger partial charge < -0.3 is 10.0 Å². The molecule has 1 unspecified atom stereocenters. The Morgan fingerprint density at radius 2 is 2.26 bits per heavy atom. The van der Waals surface area contributed by atoms with Crippen LogP contribution in [0, 0.1) is 5.82 Å². The van der Waals surface area contributed by atoms with Gasteiger partial charge in [0.1, 0.15) is 5.82 Å². The van der Waals surface area contributed by atoms with E-state index in [1.165, 1.54) is 18.2 Å². The number of thiol groups is 1. The van der Waals surface area contributed by atoms with E-state index in [1.54, 1.807) is 4.90 Å². The number of carbonyl (C=O) groups excluding carboxylic acids is 1. The molecule has 1 aliphatic heterocycles. The largest absolute Gasteiger partial charge is 0.396 e. The van der Waals surface area contributed by atoms with Crippen LogP contribution in [0.4, 0.5) is 4.39 Å². The van der Waals surface area contributed by atoms with Gasteiger partial charge in [0.25, 0.3) is 5.91 Å². The van der Waals surface area contributed by atoms with Gasteiger partial charge in [0, 0.05) is 29.7 Å². The highest BCUT2D eigenvalue weighted by Gasteiger charge is 2.27. The number of carbonyl (C=O) groups is 1. The maximum atomic E-state index is 13.2. The maximum Gasteiger partial charge on any atom is 0.254 e. The Kier molecular flexibility index (Phi) is 4.82. The topological polar surface area (TPSA) is 40.5 Å². The molecule has 0 aliphatic carbocycles. The molecule has 0 radical (unpaired) electrons. The first-order valence-electron chi connectivity index (χ1n) is 6.54. The molecule has 3 nitrogen and oxygen atoms in total. The molecule has 0 bridgehead atoms. The molecule has 0 aromatic heterocycles. The molecule has 19 heavy (non-hydrogen) atoms. The molecule has 1 aromatic carbocycles. The quantitative estimate of drug-likeness (QED) is 0.837. The van der Waals surface area contributed by atoms with Crippen LogP contribution < -0.4 is 0 Å². The minimum atomic E-state index is -0.426. The number of benzene rings is 1. The minimum absolute atomic E-state index is 0.0790. The van der Waals surface area contributed by atoms with Crippen molar-refractivity contribution in [2.24, 2.45) is 0 Å². The van der Waals surface area contributed by atoms with Gasteiger partial charge in [-0.2, -0.15) is 0 Å². The monoisotopic (exact) mass is 283 g/mol. The second-order valence-corrected chi connectivity index (χ2v) is 5.31. The SMILES string of the molecule is O=C(c1ccc(F)c(S)c1)N1CCCCC1CCO. The molecule has 1 heterocycles. The van der Waals surface area contributed by atoms with Crippen LogP contribution in [-0.2, 0) is 0 Å². The number of nitrogens with zero attached hydrogens (tertiary/aromatic N) is 1. The van der Waals surface area contributed by atoms with Gasteiger partial charge >= 0.3 is 0 Å². The van der Waals surface area contributed by atoms with Crippen molar-refractivity contribution in [1.29, 1.82) is 0 Å². The Morgan fingerprint density at radius 1 is 1.47 bits per heavy atom. The molecular weight excluding hydrogens is 265 g/mol. The molecule has 104 valence electrons. The van der Waals surface area contributed by atoms with Crippen LogP contribution in [0.1, 0.15) is 36.0 Å². The first-order chi connectivity index (χ1) is 9.13. The highest BCUT2D eigenvalue weighted by Crippen LogP contribution is 2.23. The zero-order valence-electron chi connectivity index (χ0n) is 10.7. The van der Waals surface area contributed by atoms with Crippen molar-refractivity contribution < 1.29 is 14.3 Å². The van der Waals surface area contributed by atoms with Crippen molar-refractivity contribution in [2.75, 3.05) is 13.2 Å². The van der Waals surface area contributed by atoms with Crippen LogP contribution in [0.5, 0.6) is 0 Å². The van der Waals surface area contributed by atoms with Crippen molar-refractivity contribution >= 4 is 18.5 Å². The fourth-order valence-electron chi connectivity index (χ4n) is 2.53. The van der Waals surface area contributed by atoms with E-state index in [-0.39, 0.29) is 23.5 Å². The predicted octanol–water partition coefficient (Wildman–Crippen LogP) is 2.49. The number of aliphatic hydroxyl groups is 1. The lowest BCUT2D eigenvalue weighted by Gasteiger charge is -2.35. The standard InChI is InChI=1S/C14H18FNO2S/c15-12-5-4-10(9-13(12)19)14(18)16-7-2-1-3-11(16)6-8-17/h4-5,9,11,17,19H,1-3,6-8H2. The molecule has 5 heteroatoms. The third-order valence-corrected chi connectivity index (χ3v) is 3.89. The van der Waals surface area contributed by atoms with Gasteiger partial charge in [-0.1, -0.05) is 0 Å². The second-order valence-electron chi connectivity index (χ2n) is 4.83. The minimum Gasteiger partial charge on any atom is -0.396 e. The van der Waals surface area contributed by atoms with E-state index in [0.29, 0.717) is 18.5 Å². The number of hydrogen-bond donors (Lipinski definition) is 2. The third-order valence-electron chi connectivity index (χ3n) is 3.54. The number of rotatable bonds is 3. The van der Waals surface area contributed by atoms with Crippen molar-refractivity contribution in [3.63, 3.8) is 0 Å². The third kappa shape index (κ3) is 3.28. The fraction of sp³-hybridized carbons (Fsp3) is 0.500. The average Bonchev–Trinajstić information content (AvgIpc) is 2.42. The van der Waals surface area contributed by atoms with E-state index >= 15 is 0 Å². The van der Waals surface area contributed by atoms with Crippen molar-refractivity contribution in [1.82, 2.24) is 4.90 Å². The second kappa shape index (κ2) is 6.39. The van der Waals surface area contributed by atoms with Gasteiger partial charge in [-0.25, -0.2) is 4.39 Å². The summed E-state index contributed by atoms with van der Waals surface area (Å²) in [7, 11) is 0. The van der Waals surface area contributed by atoms with Gasteiger partial charge in [0.05, 0.1) is 0 Å². The molecule has 1 saturated heterocycles. The van der Waals surface area contributed by atoms with Gasteiger partial charge in [-0.05, 0) is 43.9 Å². The Hall–Kier alpha value is -1.07. The van der Waals surface area contributed by atoms with Crippen molar-refractivity contribution in [3.8, 4) is 0 Å². The lowest BCUT2D eigenvalue weighted by molar-refractivity contribution is 0.0574. The summed E-state index contributed by atoms with van der Waals surface area (Å²) in [5.74, 6) is -0.529. The van der Waals surface area contributed by atoms with E-state index in [4.69, 9.17) is 5.11 Å². The smallest absolute Gasteiger partial charge is 0.254 e. The Labute approximate surface area is 117 Å². The number of hydrogen-bond acceptors (Lipinski definition) is 3. The molecule has 2 rings (SSSR count). The summed E-state index contributed by atoms with van der Waals surface area (Å²) in [6.45, 7) is 0.776. The summed E-state index contributed by atoms with van der Waals surface area (Å²) in [6.07, 6.45) is 3.57. The van der Waals surface area contributed by atoms with E-state index < -0.39 is 5.82 Å². The normalized spacial score (nSPS) is 19.5. The summed E-state index contributed by atoms with van der Waals surface area (Å²) in [5, 5.41) is 9.07. The molecule has 0 spiro atoms. The van der Waals surface area contributed by atoms with E-state index in [9.17, 15) is 9.18 Å². The highest BCUT2D eigenvalue weighted by atomic mass is 32.1. The van der Waals surface area contributed by atoms with Gasteiger partial charge in [0.2, 0.25) is 0 Å². The van der Waals surface area contributed by atoms with Crippen molar-refractivity contribution in [2.45, 2.75) is 36.6 Å². The highest BCUT2D eigenvalue weighted by molar-refractivity contribution is 7.80. The number of piperidine rings is 1. The molecule has 1 fully saturated rings. The van der Waals surface area contributed by atoms with E-state index in [2.05, 4.69) is 12.6 Å². The molecule has 0 saturated carbocycles. The average molecular weight is 283 g/mol. The molecule has 1 amide bonds. The Bertz CT molecular complexity index is 465. The summed E-state index contributed by atoms with van der Waals surface area (Å²) in [5.41, 5.74) is 0.455. The van der Waals surface area contributed by atoms with Crippen LogP contribution in [0.3, 0.4) is 0 Å². The predicted molar refractivity (Wildman–Crippen MR) is 74.0 cm³/mol. The first-order valence-corrected chi connectivity index (χ1v) is 6.98. The van der Waals surface area contributed by atoms with Crippen LogP contribution in [0.2, 0.25) is 0 Å². The molecule has 1 aliphatic rings. The zero-order valence-corrected chi connectivity index (χ0v) is 11.6. The first kappa shape index (κ1) is 14.3. The summed E-state index contributed by atoms with van der Waals surface area (Å²) in [6, 6.07) is 4.30. The summed E-state index contributed by atoms with van der Waals surface area (Å²) < 4.78 is 13.2. The molecule has 1 N–H and O–H groups in total. The van der Waals surface area contributed by atoms with Crippen LogP contribution in [0.25, 0.3) is 0 Å². The lowest BCUT2D eigenvalue weighted by Crippen LogP contribution is -2.44. The van der Waals surface area contributed by atoms with E-state index in [1.807, 2.05) is 0 Å². The number of halogens is 1. The fourth-order valence-corrected chi connectivity index (χ4v) is 2.74. The number of amides is 1. The summed E-state index contributed by atoms with van der Waals surface area (Å²) >= 11 is 4.00. The molecule has 1 aromatic rings. The van der Waals surface area contributed by atoms with Crippen LogP contribution in [-0.4, -0.2) is 35.1 Å². The van der Waals surface area contributed by atoms with Crippen LogP contribution in [0.15, 0.2) is 23.1 Å². The molecule has 1 atom stereocenters. The maximum absolute atomic E-state index is 13.2. The van der Waals surface area contributed by atoms with Crippen molar-refractivity contribution in [3.05, 3.63) is 29.6 Å². The van der Waals surface area contributed by atoms with Gasteiger partial charge in [-0.3, -0.25) is 4.79 Å². The van der Waals surface area contributed by atoms with Gasteiger partial charge in [0.15, 0.2) is 0 Å². The number of likely N-dealkylation sites (tertiary alicyclic amines) is 1. The summed E-state index contributed by atoms with van der Waals surface area (Å²) in [4.78, 5) is 14.4. The molecular formula is C14H18FNO2S. The lowest BCUT2D eigenvalue weighted by atomic mass is 9.98. The number of aliphatic hydroxyl groups excluding tert-OH is 1.